The van der Waals surface area contributed by atoms with Gasteiger partial charge in [-0.25, -0.2) is 18.0 Å². The number of carboxylic acids is 1. The van der Waals surface area contributed by atoms with Gasteiger partial charge in [0.2, 0.25) is 0 Å². The Morgan fingerprint density at radius 2 is 1.94 bits per heavy atom. The predicted octanol–water partition coefficient (Wildman–Crippen LogP) is -0.544. The van der Waals surface area contributed by atoms with E-state index in [0.717, 1.165) is 0 Å². The molecule has 1 rings (SSSR count). The van der Waals surface area contributed by atoms with Crippen LogP contribution in [0, 0.1) is 0 Å². The predicted molar refractivity (Wildman–Crippen MR) is 65.0 cm³/mol. The average molecular weight is 276 g/mol. The molecule has 1 fully saturated rings. The third kappa shape index (κ3) is 4.02. The van der Waals surface area contributed by atoms with Crippen LogP contribution < -0.4 is 5.32 Å². The number of carbonyl (C=O) groups is 2. The second-order valence-corrected chi connectivity index (χ2v) is 6.31. The van der Waals surface area contributed by atoms with Crippen LogP contribution in [-0.2, 0) is 14.6 Å². The molecule has 0 radical (unpaired) electrons. The summed E-state index contributed by atoms with van der Waals surface area (Å²) in [5.74, 6) is -1.31. The summed E-state index contributed by atoms with van der Waals surface area (Å²) in [6.45, 7) is 3.60. The Labute approximate surface area is 105 Å². The summed E-state index contributed by atoms with van der Waals surface area (Å²) < 4.78 is 22.4. The van der Waals surface area contributed by atoms with Crippen LogP contribution >= 0.6 is 0 Å². The van der Waals surface area contributed by atoms with Gasteiger partial charge in [0.25, 0.3) is 0 Å². The van der Waals surface area contributed by atoms with E-state index in [9.17, 15) is 18.0 Å². The first-order valence-electron chi connectivity index (χ1n) is 5.45. The molecular formula is C10H16N2O5S. The van der Waals surface area contributed by atoms with E-state index in [1.54, 1.807) is 0 Å². The van der Waals surface area contributed by atoms with Gasteiger partial charge in [0.1, 0.15) is 6.04 Å². The molecule has 0 spiro atoms. The van der Waals surface area contributed by atoms with Crippen molar-refractivity contribution in [3.05, 3.63) is 12.7 Å². The van der Waals surface area contributed by atoms with Crippen LogP contribution in [0.5, 0.6) is 0 Å². The van der Waals surface area contributed by atoms with Crippen LogP contribution in [0.1, 0.15) is 6.42 Å². The summed E-state index contributed by atoms with van der Waals surface area (Å²) in [5, 5.41) is 11.2. The first-order chi connectivity index (χ1) is 8.35. The molecule has 1 saturated heterocycles. The van der Waals surface area contributed by atoms with Gasteiger partial charge in [-0.1, -0.05) is 6.08 Å². The monoisotopic (exact) mass is 276 g/mol. The second-order valence-electron chi connectivity index (χ2n) is 4.00. The van der Waals surface area contributed by atoms with Crippen LogP contribution in [0.25, 0.3) is 0 Å². The minimum atomic E-state index is -3.06. The van der Waals surface area contributed by atoms with E-state index >= 15 is 0 Å². The van der Waals surface area contributed by atoms with Crippen molar-refractivity contribution in [2.24, 2.45) is 0 Å². The highest BCUT2D eigenvalue weighted by Gasteiger charge is 2.27. The summed E-state index contributed by atoms with van der Waals surface area (Å²) in [5.41, 5.74) is 0. The quantitative estimate of drug-likeness (QED) is 0.671. The Kier molecular flexibility index (Phi) is 4.71. The van der Waals surface area contributed by atoms with Crippen molar-refractivity contribution in [1.82, 2.24) is 10.2 Å². The highest BCUT2D eigenvalue weighted by Crippen LogP contribution is 2.05. The van der Waals surface area contributed by atoms with Gasteiger partial charge in [-0.15, -0.1) is 6.58 Å². The van der Waals surface area contributed by atoms with E-state index in [4.69, 9.17) is 5.11 Å². The number of nitrogens with zero attached hydrogens (tertiary/aromatic N) is 1. The zero-order valence-corrected chi connectivity index (χ0v) is 10.6. The van der Waals surface area contributed by atoms with Crippen LogP contribution in [-0.4, -0.2) is 61.1 Å². The second kappa shape index (κ2) is 5.85. The van der Waals surface area contributed by atoms with E-state index in [1.807, 2.05) is 0 Å². The molecule has 1 heterocycles. The highest BCUT2D eigenvalue weighted by atomic mass is 32.2. The van der Waals surface area contributed by atoms with Gasteiger partial charge in [-0.3, -0.25) is 0 Å². The van der Waals surface area contributed by atoms with Crippen molar-refractivity contribution in [1.29, 1.82) is 0 Å². The van der Waals surface area contributed by atoms with Crippen molar-refractivity contribution in [3.8, 4) is 0 Å². The molecule has 18 heavy (non-hydrogen) atoms. The number of nitrogens with one attached hydrogen (secondary N) is 1. The van der Waals surface area contributed by atoms with Crippen LogP contribution in [0.15, 0.2) is 12.7 Å². The molecule has 0 bridgehead atoms. The highest BCUT2D eigenvalue weighted by molar-refractivity contribution is 7.91. The minimum absolute atomic E-state index is 0.0837. The summed E-state index contributed by atoms with van der Waals surface area (Å²) in [4.78, 5) is 23.9. The maximum Gasteiger partial charge on any atom is 0.326 e. The number of hydrogen-bond acceptors (Lipinski definition) is 4. The molecule has 0 aromatic rings. The Morgan fingerprint density at radius 3 is 2.39 bits per heavy atom. The van der Waals surface area contributed by atoms with Crippen LogP contribution in [0.2, 0.25) is 0 Å². The molecule has 102 valence electrons. The van der Waals surface area contributed by atoms with E-state index in [-0.39, 0.29) is 31.0 Å². The van der Waals surface area contributed by atoms with Crippen molar-refractivity contribution in [2.75, 3.05) is 24.6 Å². The molecular weight excluding hydrogens is 260 g/mol. The number of amides is 2. The molecule has 0 aromatic heterocycles. The first-order valence-corrected chi connectivity index (χ1v) is 7.27. The molecule has 0 aromatic carbocycles. The molecule has 1 unspecified atom stereocenters. The van der Waals surface area contributed by atoms with Gasteiger partial charge in [-0.05, 0) is 6.42 Å². The number of carboxylic acid groups (broad SMARTS) is 1. The molecule has 0 aliphatic carbocycles. The lowest BCUT2D eigenvalue weighted by Crippen LogP contribution is -2.52. The number of carbonyl (C=O) groups excluding carboxylic acids is 1. The largest absolute Gasteiger partial charge is 0.480 e. The molecule has 7 nitrogen and oxygen atoms in total. The number of rotatable bonds is 4. The average Bonchev–Trinajstić information content (AvgIpc) is 2.28. The summed E-state index contributed by atoms with van der Waals surface area (Å²) in [6, 6.07) is -1.59. The molecule has 8 heteroatoms. The SMILES string of the molecule is C=CCC(NC(=O)N1CCS(=O)(=O)CC1)C(=O)O. The van der Waals surface area contributed by atoms with Crippen molar-refractivity contribution in [2.45, 2.75) is 12.5 Å². The third-order valence-electron chi connectivity index (χ3n) is 2.63. The summed E-state index contributed by atoms with van der Waals surface area (Å²) in [6.07, 6.45) is 1.52. The third-order valence-corrected chi connectivity index (χ3v) is 4.24. The van der Waals surface area contributed by atoms with E-state index in [0.29, 0.717) is 0 Å². The Morgan fingerprint density at radius 1 is 1.39 bits per heavy atom. The Balaban J connectivity index is 2.55. The topological polar surface area (TPSA) is 104 Å². The zero-order valence-electron chi connectivity index (χ0n) is 9.83. The number of urea groups is 1. The standard InChI is InChI=1S/C10H16N2O5S/c1-2-3-8(9(13)14)11-10(15)12-4-6-18(16,17)7-5-12/h2,8H,1,3-7H2,(H,11,15)(H,13,14). The number of hydrogen-bond donors (Lipinski definition) is 2. The fourth-order valence-corrected chi connectivity index (χ4v) is 2.75. The number of aliphatic carboxylic acids is 1. The molecule has 1 aliphatic rings. The smallest absolute Gasteiger partial charge is 0.326 e. The Hall–Kier alpha value is -1.57. The van der Waals surface area contributed by atoms with Gasteiger partial charge in [0.05, 0.1) is 11.5 Å². The van der Waals surface area contributed by atoms with Crippen molar-refractivity contribution < 1.29 is 23.1 Å². The lowest BCUT2D eigenvalue weighted by molar-refractivity contribution is -0.139. The maximum atomic E-state index is 11.7. The number of sulfone groups is 1. The van der Waals surface area contributed by atoms with E-state index < -0.39 is 27.9 Å². The molecule has 2 amide bonds. The molecule has 1 atom stereocenters. The van der Waals surface area contributed by atoms with Gasteiger partial charge in [0.15, 0.2) is 9.84 Å². The Bertz CT molecular complexity index is 431. The van der Waals surface area contributed by atoms with Crippen LogP contribution in [0.3, 0.4) is 0 Å². The fraction of sp³-hybridized carbons (Fsp3) is 0.600. The first kappa shape index (κ1) is 14.5. The van der Waals surface area contributed by atoms with Gasteiger partial charge >= 0.3 is 12.0 Å². The van der Waals surface area contributed by atoms with E-state index in [2.05, 4.69) is 11.9 Å². The van der Waals surface area contributed by atoms with Gasteiger partial charge in [0, 0.05) is 13.1 Å². The fourth-order valence-electron chi connectivity index (χ4n) is 1.54. The van der Waals surface area contributed by atoms with Crippen molar-refractivity contribution >= 4 is 21.8 Å². The van der Waals surface area contributed by atoms with Crippen molar-refractivity contribution in [3.63, 3.8) is 0 Å². The van der Waals surface area contributed by atoms with Gasteiger partial charge < -0.3 is 15.3 Å². The van der Waals surface area contributed by atoms with Gasteiger partial charge in [-0.2, -0.15) is 0 Å². The summed E-state index contributed by atoms with van der Waals surface area (Å²) in [7, 11) is -3.06. The maximum absolute atomic E-state index is 11.7. The minimum Gasteiger partial charge on any atom is -0.480 e. The van der Waals surface area contributed by atoms with Crippen LogP contribution in [0.4, 0.5) is 4.79 Å². The molecule has 1 aliphatic heterocycles. The molecule has 0 saturated carbocycles. The zero-order chi connectivity index (χ0) is 13.8. The van der Waals surface area contributed by atoms with E-state index in [1.165, 1.54) is 11.0 Å². The molecule has 2 N–H and O–H groups in total. The lowest BCUT2D eigenvalue weighted by atomic mass is 10.2. The normalized spacial score (nSPS) is 19.9. The summed E-state index contributed by atoms with van der Waals surface area (Å²) >= 11 is 0. The lowest BCUT2D eigenvalue weighted by Gasteiger charge is -2.28.